The number of benzene rings is 3. The Hall–Kier alpha value is -3.31. The van der Waals surface area contributed by atoms with E-state index in [1.807, 2.05) is 47.4 Å². The van der Waals surface area contributed by atoms with E-state index in [1.165, 1.54) is 5.56 Å². The van der Waals surface area contributed by atoms with Gasteiger partial charge in [-0.1, -0.05) is 70.0 Å². The first-order chi connectivity index (χ1) is 15.1. The monoisotopic (exact) mass is 471 g/mol. The Kier molecular flexibility index (Phi) is 5.12. The van der Waals surface area contributed by atoms with Crippen LogP contribution < -0.4 is 5.32 Å². The molecule has 154 valence electrons. The van der Waals surface area contributed by atoms with E-state index in [9.17, 15) is 4.79 Å². The van der Waals surface area contributed by atoms with Gasteiger partial charge in [0.05, 0.1) is 18.3 Å². The van der Waals surface area contributed by atoms with Crippen LogP contribution in [0.4, 0.5) is 10.5 Å². The average molecular weight is 472 g/mol. The molecule has 5 rings (SSSR count). The van der Waals surface area contributed by atoms with Gasteiger partial charge in [-0.05, 0) is 54.4 Å². The van der Waals surface area contributed by atoms with Gasteiger partial charge in [0.2, 0.25) is 0 Å². The Morgan fingerprint density at radius 2 is 1.81 bits per heavy atom. The maximum atomic E-state index is 13.6. The Bertz CT molecular complexity index is 1260. The van der Waals surface area contributed by atoms with Crippen molar-refractivity contribution in [1.29, 1.82) is 0 Å². The SMILES string of the molecule is Cc1cccc(C2c3cccn3-c3ccccc3CN2C(=O)Nc2cccc(Br)c2)c1. The van der Waals surface area contributed by atoms with E-state index in [4.69, 9.17) is 0 Å². The molecule has 1 atom stereocenters. The van der Waals surface area contributed by atoms with Crippen molar-refractivity contribution in [3.05, 3.63) is 118 Å². The molecule has 2 heterocycles. The van der Waals surface area contributed by atoms with Crippen LogP contribution in [0.5, 0.6) is 0 Å². The minimum Gasteiger partial charge on any atom is -0.318 e. The van der Waals surface area contributed by atoms with Gasteiger partial charge in [-0.3, -0.25) is 0 Å². The lowest BCUT2D eigenvalue weighted by atomic mass is 10.00. The van der Waals surface area contributed by atoms with Crippen molar-refractivity contribution in [1.82, 2.24) is 9.47 Å². The minimum atomic E-state index is -0.213. The first-order valence-corrected chi connectivity index (χ1v) is 11.0. The minimum absolute atomic E-state index is 0.131. The lowest BCUT2D eigenvalue weighted by Crippen LogP contribution is -2.37. The van der Waals surface area contributed by atoms with Gasteiger partial charge in [0.1, 0.15) is 0 Å². The van der Waals surface area contributed by atoms with Crippen LogP contribution in [0, 0.1) is 6.92 Å². The maximum Gasteiger partial charge on any atom is 0.322 e. The summed E-state index contributed by atoms with van der Waals surface area (Å²) in [6.45, 7) is 2.59. The van der Waals surface area contributed by atoms with Gasteiger partial charge in [-0.15, -0.1) is 0 Å². The van der Waals surface area contributed by atoms with Crippen LogP contribution in [0.15, 0.2) is 95.6 Å². The highest BCUT2D eigenvalue weighted by atomic mass is 79.9. The standard InChI is InChI=1S/C26H22BrN3O/c1-18-7-4-9-19(15-18)25-24-13-6-14-29(24)23-12-3-2-8-20(23)17-30(25)26(31)28-22-11-5-10-21(27)16-22/h2-16,25H,17H2,1H3,(H,28,31). The molecule has 0 fully saturated rings. The zero-order valence-electron chi connectivity index (χ0n) is 17.1. The summed E-state index contributed by atoms with van der Waals surface area (Å²) in [4.78, 5) is 15.6. The van der Waals surface area contributed by atoms with Crippen molar-refractivity contribution < 1.29 is 4.79 Å². The third kappa shape index (κ3) is 3.77. The number of halogens is 1. The van der Waals surface area contributed by atoms with E-state index in [-0.39, 0.29) is 12.1 Å². The number of carbonyl (C=O) groups is 1. The molecule has 1 unspecified atom stereocenters. The Morgan fingerprint density at radius 1 is 0.968 bits per heavy atom. The topological polar surface area (TPSA) is 37.3 Å². The van der Waals surface area contributed by atoms with Crippen molar-refractivity contribution in [3.8, 4) is 5.69 Å². The number of fused-ring (bicyclic) bond motifs is 3. The fraction of sp³-hybridized carbons (Fsp3) is 0.115. The summed E-state index contributed by atoms with van der Waals surface area (Å²) in [6.07, 6.45) is 2.08. The molecule has 1 aromatic heterocycles. The van der Waals surface area contributed by atoms with Gasteiger partial charge in [-0.2, -0.15) is 0 Å². The average Bonchev–Trinajstić information content (AvgIpc) is 3.18. The summed E-state index contributed by atoms with van der Waals surface area (Å²) < 4.78 is 3.13. The van der Waals surface area contributed by atoms with Gasteiger partial charge in [0.15, 0.2) is 0 Å². The molecule has 3 aromatic carbocycles. The molecule has 1 aliphatic rings. The van der Waals surface area contributed by atoms with E-state index in [0.29, 0.717) is 6.54 Å². The third-order valence-corrected chi connectivity index (χ3v) is 6.15. The number of aromatic nitrogens is 1. The number of anilines is 1. The van der Waals surface area contributed by atoms with Crippen molar-refractivity contribution >= 4 is 27.6 Å². The van der Waals surface area contributed by atoms with Gasteiger partial charge in [-0.25, -0.2) is 4.79 Å². The van der Waals surface area contributed by atoms with Crippen LogP contribution in [0.2, 0.25) is 0 Å². The highest BCUT2D eigenvalue weighted by molar-refractivity contribution is 9.10. The molecular weight excluding hydrogens is 450 g/mol. The summed E-state index contributed by atoms with van der Waals surface area (Å²) in [5, 5.41) is 3.10. The van der Waals surface area contributed by atoms with Crippen molar-refractivity contribution in [2.75, 3.05) is 5.32 Å². The summed E-state index contributed by atoms with van der Waals surface area (Å²) >= 11 is 3.49. The van der Waals surface area contributed by atoms with Crippen molar-refractivity contribution in [2.24, 2.45) is 0 Å². The second-order valence-electron chi connectivity index (χ2n) is 7.82. The third-order valence-electron chi connectivity index (χ3n) is 5.66. The fourth-order valence-electron chi connectivity index (χ4n) is 4.29. The number of rotatable bonds is 2. The molecule has 0 saturated carbocycles. The molecule has 1 N–H and O–H groups in total. The second-order valence-corrected chi connectivity index (χ2v) is 8.73. The van der Waals surface area contributed by atoms with E-state index in [2.05, 4.69) is 81.4 Å². The number of para-hydroxylation sites is 1. The largest absolute Gasteiger partial charge is 0.322 e. The van der Waals surface area contributed by atoms with Gasteiger partial charge >= 0.3 is 6.03 Å². The molecule has 0 aliphatic carbocycles. The summed E-state index contributed by atoms with van der Waals surface area (Å²) in [5.74, 6) is 0. The number of hydrogen-bond acceptors (Lipinski definition) is 1. The van der Waals surface area contributed by atoms with Gasteiger partial charge in [0, 0.05) is 22.1 Å². The Labute approximate surface area is 190 Å². The molecule has 2 amide bonds. The summed E-state index contributed by atoms with van der Waals surface area (Å²) in [7, 11) is 0. The molecule has 31 heavy (non-hydrogen) atoms. The molecular formula is C26H22BrN3O. The van der Waals surface area contributed by atoms with Crippen LogP contribution in [-0.2, 0) is 6.54 Å². The van der Waals surface area contributed by atoms with Crippen LogP contribution in [0.1, 0.15) is 28.4 Å². The number of amides is 2. The second kappa shape index (κ2) is 8.08. The van der Waals surface area contributed by atoms with Crippen LogP contribution in [-0.4, -0.2) is 15.5 Å². The number of hydrogen-bond donors (Lipinski definition) is 1. The molecule has 4 aromatic rings. The highest BCUT2D eigenvalue weighted by Crippen LogP contribution is 2.37. The number of urea groups is 1. The molecule has 0 spiro atoms. The lowest BCUT2D eigenvalue weighted by Gasteiger charge is -2.31. The quantitative estimate of drug-likeness (QED) is 0.347. The summed E-state index contributed by atoms with van der Waals surface area (Å²) in [6, 6.07) is 28.2. The van der Waals surface area contributed by atoms with Crippen molar-refractivity contribution in [2.45, 2.75) is 19.5 Å². The van der Waals surface area contributed by atoms with Crippen molar-refractivity contribution in [3.63, 3.8) is 0 Å². The van der Waals surface area contributed by atoms with E-state index >= 15 is 0 Å². The predicted molar refractivity (Wildman–Crippen MR) is 127 cm³/mol. The normalized spacial score (nSPS) is 15.0. The zero-order chi connectivity index (χ0) is 21.4. The number of nitrogens with one attached hydrogen (secondary N) is 1. The first kappa shape index (κ1) is 19.6. The van der Waals surface area contributed by atoms with Crippen LogP contribution >= 0.6 is 15.9 Å². The van der Waals surface area contributed by atoms with E-state index < -0.39 is 0 Å². The predicted octanol–water partition coefficient (Wildman–Crippen LogP) is 6.69. The Balaban J connectivity index is 1.64. The number of nitrogens with zero attached hydrogens (tertiary/aromatic N) is 2. The molecule has 0 saturated heterocycles. The maximum absolute atomic E-state index is 13.6. The van der Waals surface area contributed by atoms with Gasteiger partial charge in [0.25, 0.3) is 0 Å². The number of carbonyl (C=O) groups excluding carboxylic acids is 1. The molecule has 0 bridgehead atoms. The fourth-order valence-corrected chi connectivity index (χ4v) is 4.69. The molecule has 4 nitrogen and oxygen atoms in total. The van der Waals surface area contributed by atoms with Crippen LogP contribution in [0.25, 0.3) is 5.69 Å². The zero-order valence-corrected chi connectivity index (χ0v) is 18.7. The number of aryl methyl sites for hydroxylation is 1. The highest BCUT2D eigenvalue weighted by Gasteiger charge is 2.33. The molecule has 1 aliphatic heterocycles. The van der Waals surface area contributed by atoms with E-state index in [0.717, 1.165) is 32.7 Å². The van der Waals surface area contributed by atoms with Gasteiger partial charge < -0.3 is 14.8 Å². The van der Waals surface area contributed by atoms with E-state index in [1.54, 1.807) is 0 Å². The smallest absolute Gasteiger partial charge is 0.318 e. The van der Waals surface area contributed by atoms with Crippen LogP contribution in [0.3, 0.4) is 0 Å². The molecule has 5 heteroatoms. The molecule has 0 radical (unpaired) electrons. The first-order valence-electron chi connectivity index (χ1n) is 10.3. The lowest BCUT2D eigenvalue weighted by molar-refractivity contribution is 0.194. The Morgan fingerprint density at radius 3 is 2.65 bits per heavy atom. The summed E-state index contributed by atoms with van der Waals surface area (Å²) in [5.41, 5.74) is 6.31.